The molecule has 7 heteroatoms. The normalized spacial score (nSPS) is 17.5. The molecule has 1 aromatic rings. The number of aryl methyl sites for hydroxylation is 1. The third-order valence-corrected chi connectivity index (χ3v) is 6.60. The molecule has 0 unspecified atom stereocenters. The molecule has 120 valence electrons. The summed E-state index contributed by atoms with van der Waals surface area (Å²) in [4.78, 5) is 0.377. The van der Waals surface area contributed by atoms with Crippen molar-refractivity contribution in [3.05, 3.63) is 28.2 Å². The highest BCUT2D eigenvalue weighted by atomic mass is 79.9. The molecule has 1 N–H and O–H groups in total. The second kappa shape index (κ2) is 7.92. The molecular formula is C14H22BrClN2O2S. The van der Waals surface area contributed by atoms with Crippen LogP contribution in [0.2, 0.25) is 0 Å². The van der Waals surface area contributed by atoms with Gasteiger partial charge in [-0.3, -0.25) is 0 Å². The first-order chi connectivity index (χ1) is 9.45. The number of nitrogens with zero attached hydrogens (tertiary/aromatic N) is 1. The van der Waals surface area contributed by atoms with Crippen molar-refractivity contribution in [3.8, 4) is 0 Å². The van der Waals surface area contributed by atoms with Crippen molar-refractivity contribution in [1.82, 2.24) is 9.62 Å². The maximum atomic E-state index is 12.6. The number of nitrogens with one attached hydrogen (secondary N) is 1. The molecule has 0 atom stereocenters. The SMILES string of the molecule is CNCC1CCN(S(=O)(=O)c2ccc(C)c(Br)c2)CC1.Cl. The van der Waals surface area contributed by atoms with E-state index in [1.165, 1.54) is 0 Å². The van der Waals surface area contributed by atoms with Crippen LogP contribution < -0.4 is 5.32 Å². The quantitative estimate of drug-likeness (QED) is 0.850. The smallest absolute Gasteiger partial charge is 0.243 e. The largest absolute Gasteiger partial charge is 0.319 e. The first-order valence-electron chi connectivity index (χ1n) is 6.86. The van der Waals surface area contributed by atoms with Crippen LogP contribution in [0.25, 0.3) is 0 Å². The van der Waals surface area contributed by atoms with Crippen LogP contribution in [0.5, 0.6) is 0 Å². The Morgan fingerprint density at radius 2 is 1.95 bits per heavy atom. The van der Waals surface area contributed by atoms with Crippen molar-refractivity contribution in [3.63, 3.8) is 0 Å². The Labute approximate surface area is 141 Å². The summed E-state index contributed by atoms with van der Waals surface area (Å²) in [5.41, 5.74) is 1.04. The topological polar surface area (TPSA) is 49.4 Å². The highest BCUT2D eigenvalue weighted by Crippen LogP contribution is 2.26. The summed E-state index contributed by atoms with van der Waals surface area (Å²) in [6, 6.07) is 5.23. The summed E-state index contributed by atoms with van der Waals surface area (Å²) in [6.45, 7) is 4.13. The van der Waals surface area contributed by atoms with E-state index in [1.807, 2.05) is 20.0 Å². The standard InChI is InChI=1S/C14H21BrN2O2S.ClH/c1-11-3-4-13(9-14(11)15)20(18,19)17-7-5-12(6-8-17)10-16-2;/h3-4,9,12,16H,5-8,10H2,1-2H3;1H. The number of sulfonamides is 1. The molecule has 0 radical (unpaired) electrons. The van der Waals surface area contributed by atoms with Gasteiger partial charge in [0.2, 0.25) is 10.0 Å². The summed E-state index contributed by atoms with van der Waals surface area (Å²) < 4.78 is 27.7. The first kappa shape index (κ1) is 18.9. The Kier molecular flexibility index (Phi) is 7.13. The number of rotatable bonds is 4. The van der Waals surface area contributed by atoms with Gasteiger partial charge in [-0.2, -0.15) is 4.31 Å². The van der Waals surface area contributed by atoms with Gasteiger partial charge in [0.25, 0.3) is 0 Å². The fourth-order valence-electron chi connectivity index (χ4n) is 2.53. The predicted molar refractivity (Wildman–Crippen MR) is 91.5 cm³/mol. The molecule has 1 fully saturated rings. The molecule has 1 aromatic carbocycles. The number of benzene rings is 1. The van der Waals surface area contributed by atoms with Gasteiger partial charge in [-0.25, -0.2) is 8.42 Å². The van der Waals surface area contributed by atoms with Gasteiger partial charge in [-0.1, -0.05) is 22.0 Å². The molecule has 0 aliphatic carbocycles. The fourth-order valence-corrected chi connectivity index (χ4v) is 4.55. The zero-order valence-corrected chi connectivity index (χ0v) is 15.5. The van der Waals surface area contributed by atoms with E-state index in [-0.39, 0.29) is 12.4 Å². The van der Waals surface area contributed by atoms with Crippen molar-refractivity contribution >= 4 is 38.4 Å². The van der Waals surface area contributed by atoms with Crippen LogP contribution in [0.3, 0.4) is 0 Å². The van der Waals surface area contributed by atoms with Gasteiger partial charge in [0.05, 0.1) is 4.90 Å². The number of piperidine rings is 1. The Morgan fingerprint density at radius 1 is 1.33 bits per heavy atom. The lowest BCUT2D eigenvalue weighted by atomic mass is 9.98. The summed E-state index contributed by atoms with van der Waals surface area (Å²) >= 11 is 3.40. The zero-order valence-electron chi connectivity index (χ0n) is 12.3. The van der Waals surface area contributed by atoms with Crippen molar-refractivity contribution in [1.29, 1.82) is 0 Å². The molecule has 4 nitrogen and oxygen atoms in total. The van der Waals surface area contributed by atoms with Crippen molar-refractivity contribution < 1.29 is 8.42 Å². The van der Waals surface area contributed by atoms with Gasteiger partial charge in [0, 0.05) is 17.6 Å². The van der Waals surface area contributed by atoms with E-state index < -0.39 is 10.0 Å². The average Bonchev–Trinajstić information content (AvgIpc) is 2.43. The van der Waals surface area contributed by atoms with Gasteiger partial charge in [-0.15, -0.1) is 12.4 Å². The van der Waals surface area contributed by atoms with Crippen molar-refractivity contribution in [2.24, 2.45) is 5.92 Å². The van der Waals surface area contributed by atoms with Crippen LogP contribution in [0.4, 0.5) is 0 Å². The second-order valence-electron chi connectivity index (χ2n) is 5.32. The van der Waals surface area contributed by atoms with E-state index in [1.54, 1.807) is 16.4 Å². The Bertz CT molecular complexity index is 572. The monoisotopic (exact) mass is 396 g/mol. The van der Waals surface area contributed by atoms with E-state index in [0.717, 1.165) is 29.4 Å². The van der Waals surface area contributed by atoms with E-state index in [0.29, 0.717) is 23.9 Å². The highest BCUT2D eigenvalue weighted by Gasteiger charge is 2.29. The van der Waals surface area contributed by atoms with E-state index >= 15 is 0 Å². The minimum absolute atomic E-state index is 0. The Morgan fingerprint density at radius 3 is 2.48 bits per heavy atom. The molecule has 0 aromatic heterocycles. The lowest BCUT2D eigenvalue weighted by molar-refractivity contribution is 0.270. The van der Waals surface area contributed by atoms with Crippen molar-refractivity contribution in [2.45, 2.75) is 24.7 Å². The lowest BCUT2D eigenvalue weighted by Gasteiger charge is -2.31. The molecule has 1 heterocycles. The zero-order chi connectivity index (χ0) is 14.8. The first-order valence-corrected chi connectivity index (χ1v) is 9.09. The summed E-state index contributed by atoms with van der Waals surface area (Å²) in [6.07, 6.45) is 1.85. The Hall–Kier alpha value is -0.140. The highest BCUT2D eigenvalue weighted by molar-refractivity contribution is 9.10. The van der Waals surface area contributed by atoms with E-state index in [2.05, 4.69) is 21.2 Å². The number of halogens is 2. The minimum Gasteiger partial charge on any atom is -0.319 e. The van der Waals surface area contributed by atoms with Crippen LogP contribution in [0.15, 0.2) is 27.6 Å². The van der Waals surface area contributed by atoms with Crippen LogP contribution in [0.1, 0.15) is 18.4 Å². The number of hydrogen-bond donors (Lipinski definition) is 1. The van der Waals surface area contributed by atoms with Crippen LogP contribution in [-0.4, -0.2) is 39.4 Å². The number of hydrogen-bond acceptors (Lipinski definition) is 3. The molecule has 1 aliphatic rings. The maximum absolute atomic E-state index is 12.6. The van der Waals surface area contributed by atoms with Crippen LogP contribution >= 0.6 is 28.3 Å². The minimum atomic E-state index is -3.36. The summed E-state index contributed by atoms with van der Waals surface area (Å²) in [7, 11) is -1.42. The molecule has 0 amide bonds. The Balaban J connectivity index is 0.00000220. The average molecular weight is 398 g/mol. The van der Waals surface area contributed by atoms with Gasteiger partial charge >= 0.3 is 0 Å². The van der Waals surface area contributed by atoms with Crippen LogP contribution in [-0.2, 0) is 10.0 Å². The van der Waals surface area contributed by atoms with E-state index in [4.69, 9.17) is 0 Å². The van der Waals surface area contributed by atoms with Crippen molar-refractivity contribution in [2.75, 3.05) is 26.7 Å². The van der Waals surface area contributed by atoms with Crippen LogP contribution in [0, 0.1) is 12.8 Å². The van der Waals surface area contributed by atoms with Gasteiger partial charge < -0.3 is 5.32 Å². The third kappa shape index (κ3) is 4.42. The van der Waals surface area contributed by atoms with Gasteiger partial charge in [-0.05, 0) is 57.0 Å². The second-order valence-corrected chi connectivity index (χ2v) is 8.11. The molecular weight excluding hydrogens is 376 g/mol. The summed E-state index contributed by atoms with van der Waals surface area (Å²) in [5, 5.41) is 3.16. The molecule has 21 heavy (non-hydrogen) atoms. The molecule has 0 bridgehead atoms. The third-order valence-electron chi connectivity index (χ3n) is 3.85. The molecule has 2 rings (SSSR count). The molecule has 1 aliphatic heterocycles. The maximum Gasteiger partial charge on any atom is 0.243 e. The lowest BCUT2D eigenvalue weighted by Crippen LogP contribution is -2.40. The molecule has 0 spiro atoms. The molecule has 1 saturated heterocycles. The molecule has 0 saturated carbocycles. The van der Waals surface area contributed by atoms with Gasteiger partial charge in [0.1, 0.15) is 0 Å². The predicted octanol–water partition coefficient (Wildman–Crippen LogP) is 2.80. The fraction of sp³-hybridized carbons (Fsp3) is 0.571. The van der Waals surface area contributed by atoms with E-state index in [9.17, 15) is 8.42 Å². The summed E-state index contributed by atoms with van der Waals surface area (Å²) in [5.74, 6) is 0.580. The van der Waals surface area contributed by atoms with Gasteiger partial charge in [0.15, 0.2) is 0 Å².